The van der Waals surface area contributed by atoms with Crippen molar-refractivity contribution in [3.05, 3.63) is 0 Å². The van der Waals surface area contributed by atoms with Crippen LogP contribution in [0.1, 0.15) is 38.5 Å². The Hall–Kier alpha value is -1.14. The molecular weight excluding hydrogens is 272 g/mol. The number of carbonyl (C=O) groups excluding carboxylic acids is 1. The molecule has 0 bridgehead atoms. The third-order valence-electron chi connectivity index (χ3n) is 4.50. The molecule has 2 fully saturated rings. The van der Waals surface area contributed by atoms with Gasteiger partial charge in [-0.05, 0) is 19.3 Å². The summed E-state index contributed by atoms with van der Waals surface area (Å²) in [5.74, 6) is -1.32. The van der Waals surface area contributed by atoms with Gasteiger partial charge in [-0.1, -0.05) is 19.3 Å². The fraction of sp³-hybridized carbons (Fsp3) is 0.867. The summed E-state index contributed by atoms with van der Waals surface area (Å²) in [6.45, 7) is 1.15. The zero-order valence-electron chi connectivity index (χ0n) is 12.7. The van der Waals surface area contributed by atoms with Gasteiger partial charge in [0, 0.05) is 25.2 Å². The number of carbonyl (C=O) groups is 2. The topological polar surface area (TPSA) is 78.9 Å². The van der Waals surface area contributed by atoms with E-state index in [4.69, 9.17) is 9.84 Å². The normalized spacial score (nSPS) is 28.2. The molecule has 0 spiro atoms. The van der Waals surface area contributed by atoms with Crippen LogP contribution in [0.5, 0.6) is 0 Å². The number of nitrogens with one attached hydrogen (secondary N) is 1. The molecule has 2 rings (SSSR count). The van der Waals surface area contributed by atoms with Gasteiger partial charge >= 0.3 is 11.9 Å². The van der Waals surface area contributed by atoms with Crippen LogP contribution in [0, 0.1) is 5.92 Å². The highest BCUT2D eigenvalue weighted by Crippen LogP contribution is 2.22. The lowest BCUT2D eigenvalue weighted by atomic mass is 9.90. The van der Waals surface area contributed by atoms with Crippen molar-refractivity contribution in [3.8, 4) is 0 Å². The lowest BCUT2D eigenvalue weighted by Gasteiger charge is -2.38. The number of aliphatic carboxylic acids is 1. The first-order valence-corrected chi connectivity index (χ1v) is 7.86. The first-order valence-electron chi connectivity index (χ1n) is 7.86. The summed E-state index contributed by atoms with van der Waals surface area (Å²) in [6.07, 6.45) is 6.90. The number of carboxylic acids is 1. The Bertz CT molecular complexity index is 369. The quantitative estimate of drug-likeness (QED) is 0.733. The molecule has 6 heteroatoms. The van der Waals surface area contributed by atoms with E-state index in [1.165, 1.54) is 39.2 Å². The maximum atomic E-state index is 11.8. The Morgan fingerprint density at radius 2 is 1.90 bits per heavy atom. The lowest BCUT2D eigenvalue weighted by molar-refractivity contribution is -0.149. The van der Waals surface area contributed by atoms with Crippen LogP contribution in [0.25, 0.3) is 0 Å². The largest absolute Gasteiger partial charge is 0.480 e. The Balaban J connectivity index is 1.94. The number of esters is 1. The van der Waals surface area contributed by atoms with Gasteiger partial charge in [0.05, 0.1) is 19.6 Å². The van der Waals surface area contributed by atoms with Crippen LogP contribution in [0.2, 0.25) is 0 Å². The molecule has 6 nitrogen and oxygen atoms in total. The number of likely N-dealkylation sites (tertiary alicyclic amines) is 1. The summed E-state index contributed by atoms with van der Waals surface area (Å²) >= 11 is 0. The van der Waals surface area contributed by atoms with Crippen molar-refractivity contribution in [2.75, 3.05) is 26.7 Å². The van der Waals surface area contributed by atoms with Crippen LogP contribution in [0.15, 0.2) is 0 Å². The Labute approximate surface area is 125 Å². The van der Waals surface area contributed by atoms with Gasteiger partial charge in [-0.15, -0.1) is 0 Å². The minimum atomic E-state index is -0.850. The van der Waals surface area contributed by atoms with E-state index in [1.807, 2.05) is 4.90 Å². The van der Waals surface area contributed by atoms with E-state index in [1.54, 1.807) is 0 Å². The standard InChI is InChI=1S/C15H26N2O4/c1-21-15(20)11-7-13(9-17(8-11)10-14(18)19)16-12-5-3-2-4-6-12/h11-13,16H,2-10H2,1H3,(H,18,19). The average Bonchev–Trinajstić information content (AvgIpc) is 2.46. The Kier molecular flexibility index (Phi) is 5.99. The lowest BCUT2D eigenvalue weighted by Crippen LogP contribution is -2.54. The van der Waals surface area contributed by atoms with E-state index in [-0.39, 0.29) is 24.5 Å². The van der Waals surface area contributed by atoms with Crippen molar-refractivity contribution in [2.45, 2.75) is 50.6 Å². The first-order chi connectivity index (χ1) is 10.1. The van der Waals surface area contributed by atoms with Crippen molar-refractivity contribution in [3.63, 3.8) is 0 Å². The summed E-state index contributed by atoms with van der Waals surface area (Å²) in [5.41, 5.74) is 0. The van der Waals surface area contributed by atoms with Gasteiger partial charge < -0.3 is 15.2 Å². The summed E-state index contributed by atoms with van der Waals surface area (Å²) in [6, 6.07) is 0.678. The predicted molar refractivity (Wildman–Crippen MR) is 78.0 cm³/mol. The molecule has 1 aliphatic heterocycles. The van der Waals surface area contributed by atoms with Gasteiger partial charge in [0.15, 0.2) is 0 Å². The van der Waals surface area contributed by atoms with Crippen LogP contribution in [-0.2, 0) is 14.3 Å². The van der Waals surface area contributed by atoms with Gasteiger partial charge in [0.1, 0.15) is 0 Å². The SMILES string of the molecule is COC(=O)C1CC(NC2CCCCC2)CN(CC(=O)O)C1. The average molecular weight is 298 g/mol. The molecule has 0 aromatic heterocycles. The van der Waals surface area contributed by atoms with E-state index in [0.717, 1.165) is 6.42 Å². The summed E-state index contributed by atoms with van der Waals surface area (Å²) in [5, 5.41) is 12.6. The number of methoxy groups -OCH3 is 1. The van der Waals surface area contributed by atoms with Crippen molar-refractivity contribution < 1.29 is 19.4 Å². The highest BCUT2D eigenvalue weighted by atomic mass is 16.5. The van der Waals surface area contributed by atoms with E-state index in [2.05, 4.69) is 5.32 Å². The van der Waals surface area contributed by atoms with Crippen LogP contribution < -0.4 is 5.32 Å². The highest BCUT2D eigenvalue weighted by Gasteiger charge is 2.33. The molecule has 0 radical (unpaired) electrons. The van der Waals surface area contributed by atoms with Crippen molar-refractivity contribution in [1.29, 1.82) is 0 Å². The minimum Gasteiger partial charge on any atom is -0.480 e. The van der Waals surface area contributed by atoms with Crippen LogP contribution in [0.3, 0.4) is 0 Å². The van der Waals surface area contributed by atoms with Gasteiger partial charge in [0.25, 0.3) is 0 Å². The second-order valence-corrected chi connectivity index (χ2v) is 6.24. The zero-order chi connectivity index (χ0) is 15.2. The molecule has 21 heavy (non-hydrogen) atoms. The number of rotatable bonds is 5. The highest BCUT2D eigenvalue weighted by molar-refractivity contribution is 5.73. The monoisotopic (exact) mass is 298 g/mol. The number of hydrogen-bond acceptors (Lipinski definition) is 5. The first kappa shape index (κ1) is 16.2. The fourth-order valence-corrected chi connectivity index (χ4v) is 3.57. The summed E-state index contributed by atoms with van der Waals surface area (Å²) < 4.78 is 4.84. The molecule has 1 saturated carbocycles. The summed E-state index contributed by atoms with van der Waals surface area (Å²) in [4.78, 5) is 24.6. The van der Waals surface area contributed by atoms with Gasteiger partial charge in [-0.2, -0.15) is 0 Å². The number of ether oxygens (including phenoxy) is 1. The Morgan fingerprint density at radius 3 is 2.52 bits per heavy atom. The molecule has 120 valence electrons. The molecule has 1 aliphatic carbocycles. The molecule has 0 amide bonds. The molecule has 1 heterocycles. The van der Waals surface area contributed by atoms with Gasteiger partial charge in [-0.25, -0.2) is 0 Å². The summed E-state index contributed by atoms with van der Waals surface area (Å²) in [7, 11) is 1.39. The second kappa shape index (κ2) is 7.75. The molecule has 2 atom stereocenters. The molecule has 2 unspecified atom stereocenters. The third kappa shape index (κ3) is 4.97. The minimum absolute atomic E-state index is 0.0175. The van der Waals surface area contributed by atoms with E-state index in [0.29, 0.717) is 19.1 Å². The number of piperidine rings is 1. The van der Waals surface area contributed by atoms with E-state index in [9.17, 15) is 9.59 Å². The van der Waals surface area contributed by atoms with E-state index < -0.39 is 5.97 Å². The second-order valence-electron chi connectivity index (χ2n) is 6.24. The number of nitrogens with zero attached hydrogens (tertiary/aromatic N) is 1. The van der Waals surface area contributed by atoms with Crippen molar-refractivity contribution in [2.24, 2.45) is 5.92 Å². The maximum absolute atomic E-state index is 11.8. The van der Waals surface area contributed by atoms with E-state index >= 15 is 0 Å². The van der Waals surface area contributed by atoms with Crippen LogP contribution in [-0.4, -0.2) is 60.8 Å². The molecule has 2 aliphatic rings. The maximum Gasteiger partial charge on any atom is 0.317 e. The van der Waals surface area contributed by atoms with Crippen LogP contribution >= 0.6 is 0 Å². The number of carboxylic acid groups (broad SMARTS) is 1. The predicted octanol–water partition coefficient (Wildman–Crippen LogP) is 0.857. The number of hydrogen-bond donors (Lipinski definition) is 2. The molecular formula is C15H26N2O4. The molecule has 0 aromatic rings. The van der Waals surface area contributed by atoms with Crippen molar-refractivity contribution >= 4 is 11.9 Å². The Morgan fingerprint density at radius 1 is 1.19 bits per heavy atom. The van der Waals surface area contributed by atoms with Gasteiger partial charge in [-0.3, -0.25) is 14.5 Å². The van der Waals surface area contributed by atoms with Crippen LogP contribution in [0.4, 0.5) is 0 Å². The molecule has 2 N–H and O–H groups in total. The molecule has 1 saturated heterocycles. The fourth-order valence-electron chi connectivity index (χ4n) is 3.57. The third-order valence-corrected chi connectivity index (χ3v) is 4.50. The van der Waals surface area contributed by atoms with Crippen molar-refractivity contribution in [1.82, 2.24) is 10.2 Å². The molecule has 0 aromatic carbocycles. The van der Waals surface area contributed by atoms with Gasteiger partial charge in [0.2, 0.25) is 0 Å². The zero-order valence-corrected chi connectivity index (χ0v) is 12.7. The smallest absolute Gasteiger partial charge is 0.317 e.